The number of thiophene rings is 1. The molecule has 1 heterocycles. The maximum atomic E-state index is 13.2. The van der Waals surface area contributed by atoms with Crippen molar-refractivity contribution in [3.8, 4) is 0 Å². The third-order valence-corrected chi connectivity index (χ3v) is 3.17. The van der Waals surface area contributed by atoms with Crippen LogP contribution < -0.4 is 11.1 Å². The Bertz CT molecular complexity index is 468. The van der Waals surface area contributed by atoms with Gasteiger partial charge in [0, 0.05) is 6.04 Å². The number of benzene rings is 1. The van der Waals surface area contributed by atoms with Crippen LogP contribution in [0.15, 0.2) is 35.0 Å². The van der Waals surface area contributed by atoms with E-state index in [9.17, 15) is 4.39 Å². The Labute approximate surface area is 97.9 Å². The second-order valence-corrected chi connectivity index (χ2v) is 4.40. The van der Waals surface area contributed by atoms with Crippen LogP contribution >= 0.6 is 11.3 Å². The van der Waals surface area contributed by atoms with E-state index in [0.717, 1.165) is 0 Å². The largest absolute Gasteiger partial charge is 0.395 e. The minimum absolute atomic E-state index is 0.121. The molecule has 0 radical (unpaired) electrons. The zero-order valence-electron chi connectivity index (χ0n) is 8.91. The van der Waals surface area contributed by atoms with E-state index in [1.807, 2.05) is 18.4 Å². The summed E-state index contributed by atoms with van der Waals surface area (Å²) in [5.41, 5.74) is 7.63. The first-order chi connectivity index (χ1) is 7.68. The lowest BCUT2D eigenvalue weighted by Gasteiger charge is -2.15. The van der Waals surface area contributed by atoms with Crippen LogP contribution in [0.3, 0.4) is 0 Å². The molecule has 4 heteroatoms. The molecule has 0 amide bonds. The molecule has 0 aliphatic carbocycles. The second-order valence-electron chi connectivity index (χ2n) is 3.62. The summed E-state index contributed by atoms with van der Waals surface area (Å²) >= 11 is 1.64. The number of nitrogens with two attached hydrogens (primary N) is 1. The average molecular weight is 236 g/mol. The smallest absolute Gasteiger partial charge is 0.148 e. The van der Waals surface area contributed by atoms with Crippen LogP contribution in [-0.4, -0.2) is 0 Å². The third-order valence-electron chi connectivity index (χ3n) is 2.47. The van der Waals surface area contributed by atoms with E-state index in [1.54, 1.807) is 23.5 Å². The van der Waals surface area contributed by atoms with Crippen molar-refractivity contribution in [1.82, 2.24) is 0 Å². The predicted octanol–water partition coefficient (Wildman–Crippen LogP) is 3.64. The van der Waals surface area contributed by atoms with Crippen LogP contribution in [0.4, 0.5) is 15.8 Å². The number of rotatable bonds is 3. The molecule has 0 spiro atoms. The molecule has 0 aliphatic rings. The van der Waals surface area contributed by atoms with Gasteiger partial charge in [0.1, 0.15) is 5.82 Å². The molecule has 0 saturated carbocycles. The Kier molecular flexibility index (Phi) is 3.10. The average Bonchev–Trinajstić information content (AvgIpc) is 2.78. The molecular formula is C12H13FN2S. The Morgan fingerprint density at radius 2 is 2.19 bits per heavy atom. The Morgan fingerprint density at radius 1 is 1.38 bits per heavy atom. The molecule has 1 atom stereocenters. The lowest BCUT2D eigenvalue weighted by Crippen LogP contribution is -2.08. The second kappa shape index (κ2) is 4.53. The molecule has 16 heavy (non-hydrogen) atoms. The van der Waals surface area contributed by atoms with Crippen LogP contribution in [0.2, 0.25) is 0 Å². The first kappa shape index (κ1) is 11.0. The van der Waals surface area contributed by atoms with Gasteiger partial charge in [-0.2, -0.15) is 11.3 Å². The van der Waals surface area contributed by atoms with E-state index in [0.29, 0.717) is 5.69 Å². The standard InChI is InChI=1S/C12H13FN2S/c1-8(9-5-6-16-7-9)15-11-4-2-3-10(13)12(11)14/h2-8,15H,14H2,1H3. The Morgan fingerprint density at radius 3 is 2.88 bits per heavy atom. The normalized spacial score (nSPS) is 12.4. The molecule has 0 bridgehead atoms. The van der Waals surface area contributed by atoms with E-state index < -0.39 is 0 Å². The number of nitrogen functional groups attached to an aromatic ring is 1. The van der Waals surface area contributed by atoms with E-state index in [2.05, 4.69) is 10.7 Å². The van der Waals surface area contributed by atoms with E-state index in [1.165, 1.54) is 11.6 Å². The summed E-state index contributed by atoms with van der Waals surface area (Å²) in [6.45, 7) is 2.02. The van der Waals surface area contributed by atoms with Crippen molar-refractivity contribution in [1.29, 1.82) is 0 Å². The fraction of sp³-hybridized carbons (Fsp3) is 0.167. The van der Waals surface area contributed by atoms with Gasteiger partial charge < -0.3 is 11.1 Å². The summed E-state index contributed by atoms with van der Waals surface area (Å²) in [5.74, 6) is -0.387. The number of anilines is 2. The lowest BCUT2D eigenvalue weighted by atomic mass is 10.1. The van der Waals surface area contributed by atoms with Crippen molar-refractivity contribution in [3.05, 3.63) is 46.4 Å². The summed E-state index contributed by atoms with van der Waals surface area (Å²) in [4.78, 5) is 0. The quantitative estimate of drug-likeness (QED) is 0.798. The summed E-state index contributed by atoms with van der Waals surface area (Å²) in [6, 6.07) is 6.94. The van der Waals surface area contributed by atoms with Gasteiger partial charge in [-0.15, -0.1) is 0 Å². The van der Waals surface area contributed by atoms with Crippen LogP contribution in [0.5, 0.6) is 0 Å². The lowest BCUT2D eigenvalue weighted by molar-refractivity contribution is 0.632. The van der Waals surface area contributed by atoms with Gasteiger partial charge in [-0.1, -0.05) is 6.07 Å². The van der Waals surface area contributed by atoms with Gasteiger partial charge in [0.05, 0.1) is 11.4 Å². The molecule has 2 aromatic rings. The predicted molar refractivity (Wildman–Crippen MR) is 67.2 cm³/mol. The Hall–Kier alpha value is -1.55. The van der Waals surface area contributed by atoms with Crippen LogP contribution in [-0.2, 0) is 0 Å². The van der Waals surface area contributed by atoms with Crippen molar-refractivity contribution < 1.29 is 4.39 Å². The molecule has 84 valence electrons. The van der Waals surface area contributed by atoms with E-state index in [4.69, 9.17) is 5.73 Å². The van der Waals surface area contributed by atoms with Crippen molar-refractivity contribution in [2.24, 2.45) is 0 Å². The summed E-state index contributed by atoms with van der Waals surface area (Å²) in [6.07, 6.45) is 0. The summed E-state index contributed by atoms with van der Waals surface area (Å²) < 4.78 is 13.2. The van der Waals surface area contributed by atoms with Crippen molar-refractivity contribution in [2.75, 3.05) is 11.1 Å². The van der Waals surface area contributed by atoms with E-state index >= 15 is 0 Å². The number of halogens is 1. The Balaban J connectivity index is 2.18. The summed E-state index contributed by atoms with van der Waals surface area (Å²) in [7, 11) is 0. The molecule has 1 aromatic heterocycles. The monoisotopic (exact) mass is 236 g/mol. The molecule has 1 aromatic carbocycles. The molecule has 0 aliphatic heterocycles. The van der Waals surface area contributed by atoms with Gasteiger partial charge in [0.15, 0.2) is 0 Å². The third kappa shape index (κ3) is 2.17. The molecule has 1 unspecified atom stereocenters. The highest BCUT2D eigenvalue weighted by molar-refractivity contribution is 7.07. The van der Waals surface area contributed by atoms with Gasteiger partial charge >= 0.3 is 0 Å². The highest BCUT2D eigenvalue weighted by atomic mass is 32.1. The maximum Gasteiger partial charge on any atom is 0.148 e. The first-order valence-corrected chi connectivity index (χ1v) is 5.95. The number of nitrogens with one attached hydrogen (secondary N) is 1. The molecule has 2 rings (SSSR count). The van der Waals surface area contributed by atoms with Gasteiger partial charge in [-0.05, 0) is 41.4 Å². The first-order valence-electron chi connectivity index (χ1n) is 5.01. The molecule has 0 saturated heterocycles. The topological polar surface area (TPSA) is 38.0 Å². The fourth-order valence-electron chi connectivity index (χ4n) is 1.50. The van der Waals surface area contributed by atoms with Crippen LogP contribution in [0, 0.1) is 5.82 Å². The minimum atomic E-state index is -0.387. The number of hydrogen-bond donors (Lipinski definition) is 2. The van der Waals surface area contributed by atoms with Crippen LogP contribution in [0.1, 0.15) is 18.5 Å². The molecule has 2 nitrogen and oxygen atoms in total. The zero-order chi connectivity index (χ0) is 11.5. The highest BCUT2D eigenvalue weighted by Gasteiger charge is 2.09. The van der Waals surface area contributed by atoms with Crippen molar-refractivity contribution in [3.63, 3.8) is 0 Å². The molecule has 3 N–H and O–H groups in total. The summed E-state index contributed by atoms with van der Waals surface area (Å²) in [5, 5.41) is 7.27. The van der Waals surface area contributed by atoms with Gasteiger partial charge in [0.25, 0.3) is 0 Å². The minimum Gasteiger partial charge on any atom is -0.395 e. The molecular weight excluding hydrogens is 223 g/mol. The number of para-hydroxylation sites is 1. The SMILES string of the molecule is CC(Nc1cccc(F)c1N)c1ccsc1. The van der Waals surface area contributed by atoms with Gasteiger partial charge in [0.2, 0.25) is 0 Å². The van der Waals surface area contributed by atoms with Crippen molar-refractivity contribution in [2.45, 2.75) is 13.0 Å². The van der Waals surface area contributed by atoms with Gasteiger partial charge in [-0.3, -0.25) is 0 Å². The fourth-order valence-corrected chi connectivity index (χ4v) is 2.25. The number of hydrogen-bond acceptors (Lipinski definition) is 3. The van der Waals surface area contributed by atoms with Gasteiger partial charge in [-0.25, -0.2) is 4.39 Å². The zero-order valence-corrected chi connectivity index (χ0v) is 9.72. The van der Waals surface area contributed by atoms with E-state index in [-0.39, 0.29) is 17.5 Å². The van der Waals surface area contributed by atoms with Crippen LogP contribution in [0.25, 0.3) is 0 Å². The molecule has 0 fully saturated rings. The highest BCUT2D eigenvalue weighted by Crippen LogP contribution is 2.26. The maximum absolute atomic E-state index is 13.2. The van der Waals surface area contributed by atoms with Crippen molar-refractivity contribution >= 4 is 22.7 Å².